The molecule has 1 aliphatic heterocycles. The van der Waals surface area contributed by atoms with Gasteiger partial charge in [0.1, 0.15) is 0 Å². The molecule has 6 heteroatoms. The highest BCUT2D eigenvalue weighted by molar-refractivity contribution is 7.14. The van der Waals surface area contributed by atoms with Crippen molar-refractivity contribution in [3.8, 4) is 11.3 Å². The number of anilines is 1. The Kier molecular flexibility index (Phi) is 5.60. The Morgan fingerprint density at radius 3 is 2.62 bits per heavy atom. The average Bonchev–Trinajstić information content (AvgIpc) is 3.03. The van der Waals surface area contributed by atoms with Crippen LogP contribution in [0.2, 0.25) is 0 Å². The van der Waals surface area contributed by atoms with Crippen molar-refractivity contribution in [1.29, 1.82) is 0 Å². The number of nitrogens with one attached hydrogen (secondary N) is 1. The van der Waals surface area contributed by atoms with Crippen LogP contribution in [0.25, 0.3) is 11.3 Å². The van der Waals surface area contributed by atoms with Crippen LogP contribution in [0.1, 0.15) is 12.0 Å². The van der Waals surface area contributed by atoms with Crippen molar-refractivity contribution in [3.05, 3.63) is 35.2 Å². The van der Waals surface area contributed by atoms with Gasteiger partial charge in [-0.3, -0.25) is 4.79 Å². The number of benzene rings is 1. The molecule has 0 spiro atoms. The summed E-state index contributed by atoms with van der Waals surface area (Å²) in [5.41, 5.74) is 3.22. The third-order valence-electron chi connectivity index (χ3n) is 4.35. The second-order valence-corrected chi connectivity index (χ2v) is 7.21. The number of nitrogens with zero attached hydrogens (tertiary/aromatic N) is 3. The third kappa shape index (κ3) is 4.63. The summed E-state index contributed by atoms with van der Waals surface area (Å²) in [7, 11) is 2.14. The highest BCUT2D eigenvalue weighted by Gasteiger charge is 2.15. The highest BCUT2D eigenvalue weighted by atomic mass is 32.1. The molecule has 128 valence electrons. The van der Waals surface area contributed by atoms with Crippen LogP contribution in [0.3, 0.4) is 0 Å². The predicted octanol–water partition coefficient (Wildman–Crippen LogP) is 2.69. The van der Waals surface area contributed by atoms with Gasteiger partial charge >= 0.3 is 0 Å². The van der Waals surface area contributed by atoms with E-state index in [1.165, 1.54) is 16.9 Å². The Morgan fingerprint density at radius 1 is 1.21 bits per heavy atom. The molecule has 1 N–H and O–H groups in total. The molecular weight excluding hydrogens is 320 g/mol. The van der Waals surface area contributed by atoms with Crippen LogP contribution >= 0.6 is 11.3 Å². The van der Waals surface area contributed by atoms with Gasteiger partial charge in [0.25, 0.3) is 0 Å². The standard InChI is InChI=1S/C18H24N4OS/c1-14-3-5-15(6-4-14)16-13-24-18(19-16)20-17(23)7-8-22-11-9-21(2)10-12-22/h3-6,13H,7-12H2,1-2H3,(H,19,20,23). The maximum absolute atomic E-state index is 12.1. The number of hydrogen-bond acceptors (Lipinski definition) is 5. The third-order valence-corrected chi connectivity index (χ3v) is 5.11. The average molecular weight is 344 g/mol. The minimum atomic E-state index is 0.0405. The number of carbonyl (C=O) groups excluding carboxylic acids is 1. The van der Waals surface area contributed by atoms with Gasteiger partial charge in [0.2, 0.25) is 5.91 Å². The van der Waals surface area contributed by atoms with Crippen LogP contribution < -0.4 is 5.32 Å². The predicted molar refractivity (Wildman–Crippen MR) is 99.5 cm³/mol. The second-order valence-electron chi connectivity index (χ2n) is 6.35. The minimum absolute atomic E-state index is 0.0405. The largest absolute Gasteiger partial charge is 0.304 e. The van der Waals surface area contributed by atoms with Crippen LogP contribution in [-0.2, 0) is 4.79 Å². The molecule has 0 radical (unpaired) electrons. The molecule has 0 aliphatic carbocycles. The van der Waals surface area contributed by atoms with E-state index < -0.39 is 0 Å². The molecule has 5 nitrogen and oxygen atoms in total. The molecule has 2 aromatic rings. The first-order valence-electron chi connectivity index (χ1n) is 8.33. The number of aryl methyl sites for hydroxylation is 1. The SMILES string of the molecule is Cc1ccc(-c2csc(NC(=O)CCN3CCN(C)CC3)n2)cc1. The Bertz CT molecular complexity index is 675. The van der Waals surface area contributed by atoms with E-state index in [0.29, 0.717) is 11.6 Å². The fourth-order valence-electron chi connectivity index (χ4n) is 2.70. The number of likely N-dealkylation sites (N-methyl/N-ethyl adjacent to an activating group) is 1. The number of hydrogen-bond donors (Lipinski definition) is 1. The van der Waals surface area contributed by atoms with Crippen molar-refractivity contribution < 1.29 is 4.79 Å². The van der Waals surface area contributed by atoms with Gasteiger partial charge in [-0.15, -0.1) is 11.3 Å². The Hall–Kier alpha value is -1.76. The molecule has 1 saturated heterocycles. The van der Waals surface area contributed by atoms with Crippen LogP contribution in [0.15, 0.2) is 29.6 Å². The van der Waals surface area contributed by atoms with Crippen molar-refractivity contribution in [3.63, 3.8) is 0 Å². The summed E-state index contributed by atoms with van der Waals surface area (Å²) in [4.78, 5) is 21.3. The van der Waals surface area contributed by atoms with Gasteiger partial charge in [-0.1, -0.05) is 29.8 Å². The number of thiazole rings is 1. The molecule has 1 aromatic carbocycles. The van der Waals surface area contributed by atoms with Gasteiger partial charge in [-0.2, -0.15) is 0 Å². The fraction of sp³-hybridized carbons (Fsp3) is 0.444. The lowest BCUT2D eigenvalue weighted by molar-refractivity contribution is -0.116. The molecular formula is C18H24N4OS. The normalized spacial score (nSPS) is 16.2. The van der Waals surface area contributed by atoms with Gasteiger partial charge in [-0.25, -0.2) is 4.98 Å². The first kappa shape index (κ1) is 17.1. The summed E-state index contributed by atoms with van der Waals surface area (Å²) >= 11 is 1.48. The molecule has 24 heavy (non-hydrogen) atoms. The van der Waals surface area contributed by atoms with Gasteiger partial charge in [0.15, 0.2) is 5.13 Å². The number of rotatable bonds is 5. The lowest BCUT2D eigenvalue weighted by Gasteiger charge is -2.32. The van der Waals surface area contributed by atoms with Gasteiger partial charge in [0, 0.05) is 50.1 Å². The Labute approximate surface area is 147 Å². The molecule has 0 unspecified atom stereocenters. The Morgan fingerprint density at radius 2 is 1.92 bits per heavy atom. The molecule has 1 fully saturated rings. The topological polar surface area (TPSA) is 48.5 Å². The summed E-state index contributed by atoms with van der Waals surface area (Å²) in [5, 5.41) is 5.59. The maximum atomic E-state index is 12.1. The molecule has 0 atom stereocenters. The number of aromatic nitrogens is 1. The monoisotopic (exact) mass is 344 g/mol. The van der Waals surface area contributed by atoms with Gasteiger partial charge in [0.05, 0.1) is 5.69 Å². The lowest BCUT2D eigenvalue weighted by Crippen LogP contribution is -2.45. The second kappa shape index (κ2) is 7.88. The van der Waals surface area contributed by atoms with Crippen molar-refractivity contribution in [2.45, 2.75) is 13.3 Å². The summed E-state index contributed by atoms with van der Waals surface area (Å²) in [6.45, 7) is 7.12. The van der Waals surface area contributed by atoms with E-state index >= 15 is 0 Å². The van der Waals surface area contributed by atoms with Crippen LogP contribution in [-0.4, -0.2) is 60.5 Å². The maximum Gasteiger partial charge on any atom is 0.227 e. The Balaban J connectivity index is 1.49. The smallest absolute Gasteiger partial charge is 0.227 e. The van der Waals surface area contributed by atoms with Crippen LogP contribution in [0, 0.1) is 6.92 Å². The molecule has 1 aliphatic rings. The zero-order chi connectivity index (χ0) is 16.9. The molecule has 1 aromatic heterocycles. The zero-order valence-electron chi connectivity index (χ0n) is 14.3. The zero-order valence-corrected chi connectivity index (χ0v) is 15.1. The summed E-state index contributed by atoms with van der Waals surface area (Å²) < 4.78 is 0. The number of carbonyl (C=O) groups is 1. The molecule has 1 amide bonds. The first-order chi connectivity index (χ1) is 11.6. The van der Waals surface area contributed by atoms with Gasteiger partial charge in [-0.05, 0) is 14.0 Å². The van der Waals surface area contributed by atoms with E-state index in [2.05, 4.69) is 58.3 Å². The quantitative estimate of drug-likeness (QED) is 0.906. The molecule has 0 bridgehead atoms. The molecule has 2 heterocycles. The minimum Gasteiger partial charge on any atom is -0.304 e. The van der Waals surface area contributed by atoms with E-state index in [1.54, 1.807) is 0 Å². The van der Waals surface area contributed by atoms with E-state index in [9.17, 15) is 4.79 Å². The van der Waals surface area contributed by atoms with Crippen molar-refractivity contribution in [2.24, 2.45) is 0 Å². The van der Waals surface area contributed by atoms with Gasteiger partial charge < -0.3 is 15.1 Å². The molecule has 3 rings (SSSR count). The van der Waals surface area contributed by atoms with Crippen molar-refractivity contribution >= 4 is 22.4 Å². The number of amides is 1. The highest BCUT2D eigenvalue weighted by Crippen LogP contribution is 2.25. The van der Waals surface area contributed by atoms with Crippen molar-refractivity contribution in [1.82, 2.24) is 14.8 Å². The molecule has 0 saturated carbocycles. The van der Waals surface area contributed by atoms with E-state index in [0.717, 1.165) is 44.0 Å². The summed E-state index contributed by atoms with van der Waals surface area (Å²) in [5.74, 6) is 0.0405. The van der Waals surface area contributed by atoms with Crippen LogP contribution in [0.5, 0.6) is 0 Å². The summed E-state index contributed by atoms with van der Waals surface area (Å²) in [6, 6.07) is 8.26. The number of piperazine rings is 1. The fourth-order valence-corrected chi connectivity index (χ4v) is 3.44. The lowest BCUT2D eigenvalue weighted by atomic mass is 10.1. The summed E-state index contributed by atoms with van der Waals surface area (Å²) in [6.07, 6.45) is 0.517. The van der Waals surface area contributed by atoms with Crippen molar-refractivity contribution in [2.75, 3.05) is 45.1 Å². The van der Waals surface area contributed by atoms with E-state index in [1.807, 2.05) is 5.38 Å². The van der Waals surface area contributed by atoms with Crippen LogP contribution in [0.4, 0.5) is 5.13 Å². The van der Waals surface area contributed by atoms with E-state index in [-0.39, 0.29) is 5.91 Å². The first-order valence-corrected chi connectivity index (χ1v) is 9.21. The van der Waals surface area contributed by atoms with E-state index in [4.69, 9.17) is 0 Å².